The van der Waals surface area contributed by atoms with Crippen LogP contribution in [0.25, 0.3) is 0 Å². The van der Waals surface area contributed by atoms with Gasteiger partial charge >= 0.3 is 0 Å². The van der Waals surface area contributed by atoms with Crippen LogP contribution in [0.5, 0.6) is 0 Å². The Morgan fingerprint density at radius 1 is 1.19 bits per heavy atom. The van der Waals surface area contributed by atoms with E-state index in [2.05, 4.69) is 5.32 Å². The number of nitrogens with one attached hydrogen (secondary N) is 1. The van der Waals surface area contributed by atoms with Gasteiger partial charge in [-0.2, -0.15) is 4.31 Å². The Labute approximate surface area is 190 Å². The zero-order valence-electron chi connectivity index (χ0n) is 19.2. The summed E-state index contributed by atoms with van der Waals surface area (Å²) in [6.45, 7) is 4.29. The number of amides is 2. The van der Waals surface area contributed by atoms with E-state index in [4.69, 9.17) is 0 Å². The molecule has 1 heterocycles. The molecule has 1 saturated heterocycles. The summed E-state index contributed by atoms with van der Waals surface area (Å²) >= 11 is 0. The van der Waals surface area contributed by atoms with Gasteiger partial charge in [0.25, 0.3) is 0 Å². The molecule has 1 atom stereocenters. The lowest BCUT2D eigenvalue weighted by atomic mass is 9.91. The van der Waals surface area contributed by atoms with Gasteiger partial charge in [-0.1, -0.05) is 32.1 Å². The highest BCUT2D eigenvalue weighted by molar-refractivity contribution is 7.89. The second-order valence-electron chi connectivity index (χ2n) is 9.12. The van der Waals surface area contributed by atoms with Crippen molar-refractivity contribution in [2.45, 2.75) is 77.3 Å². The molecule has 2 aliphatic rings. The van der Waals surface area contributed by atoms with Crippen LogP contribution in [0.2, 0.25) is 0 Å². The van der Waals surface area contributed by atoms with Crippen molar-refractivity contribution in [3.63, 3.8) is 0 Å². The minimum atomic E-state index is -3.68. The van der Waals surface area contributed by atoms with E-state index in [0.717, 1.165) is 42.8 Å². The van der Waals surface area contributed by atoms with Crippen molar-refractivity contribution in [3.8, 4) is 0 Å². The second kappa shape index (κ2) is 9.87. The number of carbonyl (C=O) groups excluding carboxylic acids is 2. The second-order valence-corrected chi connectivity index (χ2v) is 11.4. The predicted molar refractivity (Wildman–Crippen MR) is 122 cm³/mol. The summed E-state index contributed by atoms with van der Waals surface area (Å²) in [5.41, 5.74) is -0.530. The maximum absolute atomic E-state index is 13.7. The Morgan fingerprint density at radius 3 is 2.41 bits per heavy atom. The molecule has 32 heavy (non-hydrogen) atoms. The molecule has 3 rings (SSSR count). The summed E-state index contributed by atoms with van der Waals surface area (Å²) in [7, 11) is -3.68. The average molecular weight is 468 g/mol. The van der Waals surface area contributed by atoms with Gasteiger partial charge in [0.1, 0.15) is 11.4 Å². The van der Waals surface area contributed by atoms with Crippen molar-refractivity contribution < 1.29 is 22.4 Å². The summed E-state index contributed by atoms with van der Waals surface area (Å²) < 4.78 is 40.1. The van der Waals surface area contributed by atoms with Gasteiger partial charge < -0.3 is 5.32 Å². The molecule has 1 aliphatic carbocycles. The molecule has 0 spiro atoms. The topological polar surface area (TPSA) is 86.8 Å². The molecule has 9 heteroatoms. The fraction of sp³-hybridized carbons (Fsp3) is 0.652. The third kappa shape index (κ3) is 5.14. The molecule has 7 nitrogen and oxygen atoms in total. The minimum Gasteiger partial charge on any atom is -0.351 e. The number of nitrogens with zero attached hydrogens (tertiary/aromatic N) is 2. The summed E-state index contributed by atoms with van der Waals surface area (Å²) in [6, 6.07) is 4.03. The first kappa shape index (κ1) is 24.6. The number of halogens is 1. The SMILES string of the molecule is CCS(=O)(=O)N1CC(=O)N(c2ccc(F)cc2C)[C@](C)(C(=O)NC2CCCCCCC2)C1. The number of sulfonamides is 1. The van der Waals surface area contributed by atoms with Crippen LogP contribution in [0, 0.1) is 12.7 Å². The first-order chi connectivity index (χ1) is 15.1. The van der Waals surface area contributed by atoms with Crippen molar-refractivity contribution in [2.24, 2.45) is 0 Å². The molecule has 0 bridgehead atoms. The van der Waals surface area contributed by atoms with Crippen LogP contribution in [-0.4, -0.2) is 55.0 Å². The van der Waals surface area contributed by atoms with Gasteiger partial charge in [-0.05, 0) is 57.4 Å². The molecule has 1 N–H and O–H groups in total. The molecule has 1 aromatic carbocycles. The van der Waals surface area contributed by atoms with Crippen LogP contribution in [-0.2, 0) is 19.6 Å². The molecular weight excluding hydrogens is 433 g/mol. The number of hydrogen-bond acceptors (Lipinski definition) is 4. The summed E-state index contributed by atoms with van der Waals surface area (Å²) in [6.07, 6.45) is 7.24. The Bertz CT molecular complexity index is 960. The van der Waals surface area contributed by atoms with E-state index < -0.39 is 27.3 Å². The van der Waals surface area contributed by atoms with Crippen LogP contribution in [0.4, 0.5) is 10.1 Å². The number of anilines is 1. The number of aryl methyl sites for hydroxylation is 1. The van der Waals surface area contributed by atoms with Crippen molar-refractivity contribution in [2.75, 3.05) is 23.7 Å². The zero-order valence-corrected chi connectivity index (χ0v) is 20.0. The zero-order chi connectivity index (χ0) is 23.5. The lowest BCUT2D eigenvalue weighted by Gasteiger charge is -2.47. The monoisotopic (exact) mass is 467 g/mol. The van der Waals surface area contributed by atoms with E-state index >= 15 is 0 Å². The van der Waals surface area contributed by atoms with Gasteiger partial charge in [0.15, 0.2) is 0 Å². The Kier molecular flexibility index (Phi) is 7.60. The quantitative estimate of drug-likeness (QED) is 0.721. The average Bonchev–Trinajstić information content (AvgIpc) is 2.70. The molecule has 1 saturated carbocycles. The highest BCUT2D eigenvalue weighted by atomic mass is 32.2. The van der Waals surface area contributed by atoms with Crippen LogP contribution >= 0.6 is 0 Å². The van der Waals surface area contributed by atoms with Gasteiger partial charge in [-0.3, -0.25) is 14.5 Å². The molecule has 1 aliphatic heterocycles. The van der Waals surface area contributed by atoms with E-state index in [9.17, 15) is 22.4 Å². The lowest BCUT2D eigenvalue weighted by molar-refractivity contribution is -0.133. The van der Waals surface area contributed by atoms with Crippen LogP contribution in [0.15, 0.2) is 18.2 Å². The normalized spacial score (nSPS) is 24.1. The Balaban J connectivity index is 1.98. The van der Waals surface area contributed by atoms with E-state index in [1.807, 2.05) is 0 Å². The van der Waals surface area contributed by atoms with Gasteiger partial charge in [-0.25, -0.2) is 12.8 Å². The highest BCUT2D eigenvalue weighted by Gasteiger charge is 2.51. The summed E-state index contributed by atoms with van der Waals surface area (Å²) in [4.78, 5) is 28.3. The van der Waals surface area contributed by atoms with Gasteiger partial charge in [0.05, 0.1) is 12.3 Å². The van der Waals surface area contributed by atoms with Gasteiger partial charge in [0, 0.05) is 18.3 Å². The molecular formula is C23H34FN3O4S. The lowest BCUT2D eigenvalue weighted by Crippen LogP contribution is -2.71. The number of piperazine rings is 1. The van der Waals surface area contributed by atoms with Gasteiger partial charge in [-0.15, -0.1) is 0 Å². The van der Waals surface area contributed by atoms with Gasteiger partial charge in [0.2, 0.25) is 21.8 Å². The minimum absolute atomic E-state index is 0.0101. The number of benzene rings is 1. The maximum atomic E-state index is 13.7. The number of carbonyl (C=O) groups is 2. The Morgan fingerprint density at radius 2 is 1.81 bits per heavy atom. The van der Waals surface area contributed by atoms with E-state index in [1.54, 1.807) is 13.8 Å². The Hall–Kier alpha value is -2.00. The largest absolute Gasteiger partial charge is 0.351 e. The van der Waals surface area contributed by atoms with Crippen molar-refractivity contribution in [1.29, 1.82) is 0 Å². The molecule has 2 fully saturated rings. The molecule has 0 aromatic heterocycles. The van der Waals surface area contributed by atoms with Crippen LogP contribution < -0.4 is 10.2 Å². The molecule has 0 radical (unpaired) electrons. The number of hydrogen-bond donors (Lipinski definition) is 1. The first-order valence-electron chi connectivity index (χ1n) is 11.5. The summed E-state index contributed by atoms with van der Waals surface area (Å²) in [5.74, 6) is -1.48. The first-order valence-corrected chi connectivity index (χ1v) is 13.1. The standard InChI is InChI=1S/C23H34FN3O4S/c1-4-32(30,31)26-15-21(28)27(20-13-12-18(24)14-17(20)2)23(3,16-26)22(29)25-19-10-8-6-5-7-9-11-19/h12-14,19H,4-11,15-16H2,1-3H3,(H,25,29)/t23-/m0/s1. The van der Waals surface area contributed by atoms with Crippen molar-refractivity contribution in [3.05, 3.63) is 29.6 Å². The van der Waals surface area contributed by atoms with E-state index in [-0.39, 0.29) is 30.8 Å². The van der Waals surface area contributed by atoms with Crippen molar-refractivity contribution >= 4 is 27.5 Å². The van der Waals surface area contributed by atoms with Crippen molar-refractivity contribution in [1.82, 2.24) is 9.62 Å². The molecule has 2 amide bonds. The smallest absolute Gasteiger partial charge is 0.247 e. The fourth-order valence-electron chi connectivity index (χ4n) is 4.73. The third-order valence-electron chi connectivity index (χ3n) is 6.63. The molecule has 1 aromatic rings. The molecule has 178 valence electrons. The predicted octanol–water partition coefficient (Wildman–Crippen LogP) is 3.12. The third-order valence-corrected chi connectivity index (χ3v) is 8.40. The van der Waals surface area contributed by atoms with Crippen LogP contribution in [0.3, 0.4) is 0 Å². The van der Waals surface area contributed by atoms with E-state index in [1.165, 1.54) is 36.4 Å². The fourth-order valence-corrected chi connectivity index (χ4v) is 5.85. The number of rotatable bonds is 5. The van der Waals surface area contributed by atoms with Crippen LogP contribution in [0.1, 0.15) is 64.4 Å². The maximum Gasteiger partial charge on any atom is 0.247 e. The summed E-state index contributed by atoms with van der Waals surface area (Å²) in [5, 5.41) is 3.11. The molecule has 0 unspecified atom stereocenters. The van der Waals surface area contributed by atoms with E-state index in [0.29, 0.717) is 11.3 Å². The highest BCUT2D eigenvalue weighted by Crippen LogP contribution is 2.33.